The van der Waals surface area contributed by atoms with Crippen LogP contribution in [0.2, 0.25) is 0 Å². The molecule has 2 heteroatoms. The van der Waals surface area contributed by atoms with Gasteiger partial charge >= 0.3 is 0 Å². The van der Waals surface area contributed by atoms with Crippen LogP contribution >= 0.6 is 15.9 Å². The Labute approximate surface area is 133 Å². The van der Waals surface area contributed by atoms with Gasteiger partial charge in [-0.05, 0) is 43.5 Å². The van der Waals surface area contributed by atoms with Gasteiger partial charge < -0.3 is 5.32 Å². The first-order valence-corrected chi connectivity index (χ1v) is 8.97. The molecule has 0 saturated carbocycles. The number of nitrogens with one attached hydrogen (secondary N) is 1. The lowest BCUT2D eigenvalue weighted by atomic mass is 9.98. The molecule has 1 rings (SSSR count). The highest BCUT2D eigenvalue weighted by atomic mass is 79.9. The highest BCUT2D eigenvalue weighted by Crippen LogP contribution is 2.28. The molecular formula is C18H30BrN. The molecule has 114 valence electrons. The summed E-state index contributed by atoms with van der Waals surface area (Å²) in [4.78, 5) is 0. The Morgan fingerprint density at radius 3 is 2.45 bits per heavy atom. The Hall–Kier alpha value is -0.340. The summed E-state index contributed by atoms with van der Waals surface area (Å²) in [5.74, 6) is 0. The number of hydrogen-bond donors (Lipinski definition) is 1. The summed E-state index contributed by atoms with van der Waals surface area (Å²) >= 11 is 3.73. The first kappa shape index (κ1) is 17.7. The fourth-order valence-corrected chi connectivity index (χ4v) is 3.32. The largest absolute Gasteiger partial charge is 0.310 e. The lowest BCUT2D eigenvalue weighted by Crippen LogP contribution is -2.22. The number of hydrogen-bond acceptors (Lipinski definition) is 1. The molecule has 1 nitrogen and oxygen atoms in total. The molecule has 0 aromatic heterocycles. The zero-order valence-electron chi connectivity index (χ0n) is 13.3. The summed E-state index contributed by atoms with van der Waals surface area (Å²) in [6.45, 7) is 7.75. The topological polar surface area (TPSA) is 12.0 Å². The number of aryl methyl sites for hydroxylation is 1. The van der Waals surface area contributed by atoms with Crippen molar-refractivity contribution in [1.29, 1.82) is 0 Å². The Kier molecular flexibility index (Phi) is 9.21. The first-order valence-electron chi connectivity index (χ1n) is 8.18. The molecule has 1 N–H and O–H groups in total. The zero-order chi connectivity index (χ0) is 14.8. The molecular weight excluding hydrogens is 310 g/mol. The second kappa shape index (κ2) is 10.4. The molecule has 1 aromatic carbocycles. The molecule has 0 aliphatic rings. The molecule has 0 bridgehead atoms. The van der Waals surface area contributed by atoms with E-state index in [1.165, 1.54) is 60.5 Å². The van der Waals surface area contributed by atoms with Crippen LogP contribution in [0.4, 0.5) is 0 Å². The van der Waals surface area contributed by atoms with Gasteiger partial charge in [-0.3, -0.25) is 0 Å². The van der Waals surface area contributed by atoms with Crippen LogP contribution in [0.15, 0.2) is 22.7 Å². The number of rotatable bonds is 10. The maximum atomic E-state index is 3.73. The Balaban J connectivity index is 2.58. The minimum atomic E-state index is 0.492. The molecule has 1 aromatic rings. The smallest absolute Gasteiger partial charge is 0.0331 e. The molecule has 0 aliphatic carbocycles. The third-order valence-electron chi connectivity index (χ3n) is 3.77. The van der Waals surface area contributed by atoms with Crippen molar-refractivity contribution >= 4 is 15.9 Å². The summed E-state index contributed by atoms with van der Waals surface area (Å²) < 4.78 is 1.25. The predicted molar refractivity (Wildman–Crippen MR) is 93.3 cm³/mol. The molecule has 0 radical (unpaired) electrons. The maximum Gasteiger partial charge on any atom is 0.0331 e. The van der Waals surface area contributed by atoms with Gasteiger partial charge in [-0.2, -0.15) is 0 Å². The van der Waals surface area contributed by atoms with Gasteiger partial charge in [0.15, 0.2) is 0 Å². The molecule has 0 fully saturated rings. The summed E-state index contributed by atoms with van der Waals surface area (Å²) in [6, 6.07) is 7.22. The van der Waals surface area contributed by atoms with Crippen molar-refractivity contribution in [1.82, 2.24) is 5.32 Å². The van der Waals surface area contributed by atoms with E-state index in [9.17, 15) is 0 Å². The van der Waals surface area contributed by atoms with Crippen molar-refractivity contribution in [2.45, 2.75) is 71.8 Å². The van der Waals surface area contributed by atoms with E-state index in [0.29, 0.717) is 6.04 Å². The van der Waals surface area contributed by atoms with Crippen LogP contribution in [0.1, 0.15) is 76.0 Å². The second-order valence-corrected chi connectivity index (χ2v) is 6.59. The molecule has 20 heavy (non-hydrogen) atoms. The molecule has 0 aliphatic heterocycles. The van der Waals surface area contributed by atoms with Gasteiger partial charge in [0.1, 0.15) is 0 Å². The SMILES string of the molecule is CCCCCCCC(NCCC)c1ccc(C)cc1Br. The third kappa shape index (κ3) is 6.41. The van der Waals surface area contributed by atoms with Gasteiger partial charge in [0, 0.05) is 10.5 Å². The normalized spacial score (nSPS) is 12.6. The lowest BCUT2D eigenvalue weighted by Gasteiger charge is -2.20. The minimum Gasteiger partial charge on any atom is -0.310 e. The third-order valence-corrected chi connectivity index (χ3v) is 4.46. The lowest BCUT2D eigenvalue weighted by molar-refractivity contribution is 0.467. The van der Waals surface area contributed by atoms with E-state index in [2.05, 4.69) is 60.2 Å². The van der Waals surface area contributed by atoms with Crippen LogP contribution < -0.4 is 5.32 Å². The second-order valence-electron chi connectivity index (χ2n) is 5.73. The fourth-order valence-electron chi connectivity index (χ4n) is 2.55. The maximum absolute atomic E-state index is 3.73. The Morgan fingerprint density at radius 1 is 1.05 bits per heavy atom. The van der Waals surface area contributed by atoms with E-state index in [0.717, 1.165) is 6.54 Å². The van der Waals surface area contributed by atoms with Crippen LogP contribution in [-0.2, 0) is 0 Å². The van der Waals surface area contributed by atoms with Crippen molar-refractivity contribution in [3.63, 3.8) is 0 Å². The van der Waals surface area contributed by atoms with Crippen LogP contribution in [-0.4, -0.2) is 6.54 Å². The molecule has 1 unspecified atom stereocenters. The van der Waals surface area contributed by atoms with Crippen LogP contribution in [0.5, 0.6) is 0 Å². The van der Waals surface area contributed by atoms with Crippen LogP contribution in [0.3, 0.4) is 0 Å². The van der Waals surface area contributed by atoms with Gasteiger partial charge in [-0.15, -0.1) is 0 Å². The van der Waals surface area contributed by atoms with E-state index < -0.39 is 0 Å². The standard InChI is InChI=1S/C18H30BrN/c1-4-6-7-8-9-10-18(20-13-5-2)16-12-11-15(3)14-17(16)19/h11-12,14,18,20H,4-10,13H2,1-3H3. The molecule has 0 saturated heterocycles. The van der Waals surface area contributed by atoms with Gasteiger partial charge in [0.25, 0.3) is 0 Å². The number of halogens is 1. The summed E-state index contributed by atoms with van der Waals surface area (Å²) in [7, 11) is 0. The van der Waals surface area contributed by atoms with Gasteiger partial charge in [0.05, 0.1) is 0 Å². The fraction of sp³-hybridized carbons (Fsp3) is 0.667. The Bertz CT molecular complexity index is 376. The van der Waals surface area contributed by atoms with Crippen molar-refractivity contribution in [3.05, 3.63) is 33.8 Å². The van der Waals surface area contributed by atoms with Crippen LogP contribution in [0.25, 0.3) is 0 Å². The molecule has 1 atom stereocenters. The average molecular weight is 340 g/mol. The van der Waals surface area contributed by atoms with Crippen molar-refractivity contribution in [2.24, 2.45) is 0 Å². The highest BCUT2D eigenvalue weighted by molar-refractivity contribution is 9.10. The summed E-state index contributed by atoms with van der Waals surface area (Å²) in [6.07, 6.45) is 9.19. The summed E-state index contributed by atoms with van der Waals surface area (Å²) in [5.41, 5.74) is 2.73. The van der Waals surface area contributed by atoms with E-state index in [1.807, 2.05) is 0 Å². The van der Waals surface area contributed by atoms with E-state index in [1.54, 1.807) is 0 Å². The van der Waals surface area contributed by atoms with E-state index in [-0.39, 0.29) is 0 Å². The molecule has 0 amide bonds. The van der Waals surface area contributed by atoms with Crippen LogP contribution in [0, 0.1) is 6.92 Å². The van der Waals surface area contributed by atoms with Crippen molar-refractivity contribution in [3.8, 4) is 0 Å². The average Bonchev–Trinajstić information content (AvgIpc) is 2.43. The Morgan fingerprint density at radius 2 is 1.80 bits per heavy atom. The zero-order valence-corrected chi connectivity index (χ0v) is 14.9. The van der Waals surface area contributed by atoms with E-state index in [4.69, 9.17) is 0 Å². The van der Waals surface area contributed by atoms with E-state index >= 15 is 0 Å². The number of unbranched alkanes of at least 4 members (excludes halogenated alkanes) is 4. The molecule has 0 spiro atoms. The summed E-state index contributed by atoms with van der Waals surface area (Å²) in [5, 5.41) is 3.71. The highest BCUT2D eigenvalue weighted by Gasteiger charge is 2.13. The monoisotopic (exact) mass is 339 g/mol. The van der Waals surface area contributed by atoms with Crippen molar-refractivity contribution < 1.29 is 0 Å². The molecule has 0 heterocycles. The minimum absolute atomic E-state index is 0.492. The van der Waals surface area contributed by atoms with Crippen molar-refractivity contribution in [2.75, 3.05) is 6.54 Å². The van der Waals surface area contributed by atoms with Gasteiger partial charge in [-0.1, -0.05) is 74.0 Å². The first-order chi connectivity index (χ1) is 9.69. The quantitative estimate of drug-likeness (QED) is 0.503. The number of benzene rings is 1. The predicted octanol–water partition coefficient (Wildman–Crippen LogP) is 6.16. The van der Waals surface area contributed by atoms with Gasteiger partial charge in [-0.25, -0.2) is 0 Å². The van der Waals surface area contributed by atoms with Gasteiger partial charge in [0.2, 0.25) is 0 Å².